The van der Waals surface area contributed by atoms with Gasteiger partial charge in [0.15, 0.2) is 5.82 Å². The van der Waals surface area contributed by atoms with E-state index in [4.69, 9.17) is 25.7 Å². The maximum Gasteiger partial charge on any atom is 0.175 e. The highest BCUT2D eigenvalue weighted by atomic mass is 16.5. The van der Waals surface area contributed by atoms with Gasteiger partial charge in [-0.1, -0.05) is 6.07 Å². The van der Waals surface area contributed by atoms with Crippen LogP contribution in [0.1, 0.15) is 6.42 Å². The number of aliphatic hydroxyl groups is 1. The first kappa shape index (κ1) is 19.7. The first-order chi connectivity index (χ1) is 13.5. The van der Waals surface area contributed by atoms with Gasteiger partial charge < -0.3 is 30.9 Å². The van der Waals surface area contributed by atoms with Gasteiger partial charge in [-0.2, -0.15) is 0 Å². The molecule has 0 spiro atoms. The van der Waals surface area contributed by atoms with E-state index in [1.165, 1.54) is 0 Å². The number of fused-ring (bicyclic) bond motifs is 1. The molecule has 4 N–H and O–H groups in total. The third-order valence-corrected chi connectivity index (χ3v) is 4.17. The largest absolute Gasteiger partial charge is 0.489 e. The Morgan fingerprint density at radius 3 is 2.89 bits per heavy atom. The lowest BCUT2D eigenvalue weighted by Gasteiger charge is -2.17. The summed E-state index contributed by atoms with van der Waals surface area (Å²) < 4.78 is 7.17. The van der Waals surface area contributed by atoms with Crippen molar-refractivity contribution in [3.05, 3.63) is 36.2 Å². The molecule has 0 atom stereocenters. The van der Waals surface area contributed by atoms with E-state index in [0.717, 1.165) is 12.1 Å². The van der Waals surface area contributed by atoms with Gasteiger partial charge in [0.05, 0.1) is 29.3 Å². The molecule has 2 aromatic rings. The number of ether oxygens (including phenoxy) is 1. The van der Waals surface area contributed by atoms with Gasteiger partial charge in [-0.05, 0) is 26.2 Å². The highest BCUT2D eigenvalue weighted by Crippen LogP contribution is 2.30. The van der Waals surface area contributed by atoms with Crippen LogP contribution in [0.3, 0.4) is 0 Å². The summed E-state index contributed by atoms with van der Waals surface area (Å²) in [5.41, 5.74) is 2.35. The second kappa shape index (κ2) is 8.77. The minimum Gasteiger partial charge on any atom is -0.489 e. The zero-order valence-corrected chi connectivity index (χ0v) is 16.1. The van der Waals surface area contributed by atoms with Crippen LogP contribution in [0.4, 0.5) is 11.5 Å². The fourth-order valence-electron chi connectivity index (χ4n) is 2.77. The summed E-state index contributed by atoms with van der Waals surface area (Å²) in [5.74, 6) is 0.975. The molecule has 2 heterocycles. The number of aliphatic imine (C=N–C) groups is 1. The summed E-state index contributed by atoms with van der Waals surface area (Å²) in [4.78, 5) is 6.77. The molecule has 148 valence electrons. The van der Waals surface area contributed by atoms with Crippen LogP contribution in [0.5, 0.6) is 0 Å². The van der Waals surface area contributed by atoms with Crippen LogP contribution in [-0.2, 0) is 4.74 Å². The molecule has 9 nitrogen and oxygen atoms in total. The Kier molecular flexibility index (Phi) is 6.17. The van der Waals surface area contributed by atoms with E-state index in [9.17, 15) is 0 Å². The number of likely N-dealkylation sites (N-methyl/N-ethyl adjacent to an activating group) is 1. The highest BCUT2D eigenvalue weighted by molar-refractivity contribution is 6.51. The van der Waals surface area contributed by atoms with Gasteiger partial charge in [0, 0.05) is 31.8 Å². The summed E-state index contributed by atoms with van der Waals surface area (Å²) in [6.07, 6.45) is 3.57. The molecule has 1 aliphatic rings. The lowest BCUT2D eigenvalue weighted by molar-refractivity contribution is 0.155. The number of hydrogen-bond donors (Lipinski definition) is 4. The number of pyridine rings is 1. The topological polar surface area (TPSA) is 122 Å². The first-order valence-electron chi connectivity index (χ1n) is 9.05. The predicted octanol–water partition coefficient (Wildman–Crippen LogP) is 1.72. The van der Waals surface area contributed by atoms with E-state index in [1.807, 2.05) is 38.5 Å². The van der Waals surface area contributed by atoms with Crippen molar-refractivity contribution >= 4 is 34.2 Å². The minimum atomic E-state index is -0.136. The molecular weight excluding hydrogens is 358 g/mol. The van der Waals surface area contributed by atoms with Crippen LogP contribution in [0.2, 0.25) is 0 Å². The van der Waals surface area contributed by atoms with Crippen molar-refractivity contribution in [2.75, 3.05) is 45.7 Å². The standard InChI is InChI=1S/C19H25N7O2/c1-25(2)8-6-22-19-18(16-5-3-4-7-26(16)24-19)23-15-12-17(28-10-9-27)14(21)11-13(15)20/h3-5,7,12,20-21,27H,6,8-11H2,1-2H3,(H,22,24). The molecule has 2 aromatic heterocycles. The van der Waals surface area contributed by atoms with Crippen LogP contribution in [-0.4, -0.2) is 77.2 Å². The lowest BCUT2D eigenvalue weighted by Crippen LogP contribution is -2.25. The summed E-state index contributed by atoms with van der Waals surface area (Å²) in [6, 6.07) is 5.73. The first-order valence-corrected chi connectivity index (χ1v) is 9.05. The van der Waals surface area contributed by atoms with Gasteiger partial charge in [0.2, 0.25) is 0 Å². The monoisotopic (exact) mass is 383 g/mol. The van der Waals surface area contributed by atoms with E-state index in [-0.39, 0.29) is 31.1 Å². The second-order valence-corrected chi connectivity index (χ2v) is 6.67. The number of hydrogen-bond acceptors (Lipinski definition) is 8. The third kappa shape index (κ3) is 4.44. The van der Waals surface area contributed by atoms with Gasteiger partial charge in [-0.3, -0.25) is 0 Å². The Hall–Kier alpha value is -3.04. The quantitative estimate of drug-likeness (QED) is 0.553. The van der Waals surface area contributed by atoms with Crippen molar-refractivity contribution in [1.82, 2.24) is 14.5 Å². The smallest absolute Gasteiger partial charge is 0.175 e. The summed E-state index contributed by atoms with van der Waals surface area (Å²) in [7, 11) is 4.01. The van der Waals surface area contributed by atoms with Gasteiger partial charge in [-0.25, -0.2) is 9.51 Å². The Labute approximate surface area is 163 Å². The van der Waals surface area contributed by atoms with Crippen molar-refractivity contribution in [1.29, 1.82) is 10.8 Å². The Morgan fingerprint density at radius 1 is 1.32 bits per heavy atom. The van der Waals surface area contributed by atoms with Gasteiger partial charge >= 0.3 is 0 Å². The highest BCUT2D eigenvalue weighted by Gasteiger charge is 2.22. The number of aliphatic hydroxyl groups excluding tert-OH is 1. The van der Waals surface area contributed by atoms with Crippen molar-refractivity contribution in [2.24, 2.45) is 4.99 Å². The SMILES string of the molecule is CN(C)CCNc1nn2ccccc2c1N=C1C=C(OCCO)C(=N)CC1=N. The Morgan fingerprint density at radius 2 is 2.14 bits per heavy atom. The van der Waals surface area contributed by atoms with Gasteiger partial charge in [0.1, 0.15) is 18.1 Å². The molecule has 0 radical (unpaired) electrons. The van der Waals surface area contributed by atoms with Gasteiger partial charge in [0.25, 0.3) is 0 Å². The van der Waals surface area contributed by atoms with Crippen LogP contribution in [0.15, 0.2) is 41.2 Å². The average molecular weight is 383 g/mol. The number of nitrogens with one attached hydrogen (secondary N) is 3. The number of nitrogens with zero attached hydrogens (tertiary/aromatic N) is 4. The molecule has 0 aromatic carbocycles. The molecule has 1 aliphatic carbocycles. The maximum absolute atomic E-state index is 8.97. The van der Waals surface area contributed by atoms with Crippen molar-refractivity contribution in [2.45, 2.75) is 6.42 Å². The van der Waals surface area contributed by atoms with Crippen LogP contribution < -0.4 is 5.32 Å². The van der Waals surface area contributed by atoms with E-state index in [1.54, 1.807) is 10.6 Å². The van der Waals surface area contributed by atoms with E-state index < -0.39 is 0 Å². The Balaban J connectivity index is 1.99. The lowest BCUT2D eigenvalue weighted by atomic mass is 10.00. The normalized spacial score (nSPS) is 16.1. The number of anilines is 1. The van der Waals surface area contributed by atoms with E-state index >= 15 is 0 Å². The Bertz CT molecular complexity index is 943. The van der Waals surface area contributed by atoms with Crippen molar-refractivity contribution in [3.63, 3.8) is 0 Å². The van der Waals surface area contributed by atoms with Crippen LogP contribution in [0.25, 0.3) is 5.52 Å². The molecule has 0 amide bonds. The number of allylic oxidation sites excluding steroid dienone is 2. The maximum atomic E-state index is 8.97. The molecule has 9 heteroatoms. The molecule has 0 aliphatic heterocycles. The van der Waals surface area contributed by atoms with E-state index in [0.29, 0.717) is 29.5 Å². The average Bonchev–Trinajstić information content (AvgIpc) is 3.00. The third-order valence-electron chi connectivity index (χ3n) is 4.17. The zero-order chi connectivity index (χ0) is 20.1. The summed E-state index contributed by atoms with van der Waals surface area (Å²) in [5, 5.41) is 33.1. The minimum absolute atomic E-state index is 0.100. The molecule has 0 bridgehead atoms. The molecule has 0 saturated carbocycles. The molecule has 0 unspecified atom stereocenters. The second-order valence-electron chi connectivity index (χ2n) is 6.67. The van der Waals surface area contributed by atoms with Crippen molar-refractivity contribution in [3.8, 4) is 0 Å². The predicted molar refractivity (Wildman–Crippen MR) is 111 cm³/mol. The fourth-order valence-corrected chi connectivity index (χ4v) is 2.77. The number of aromatic nitrogens is 2. The summed E-state index contributed by atoms with van der Waals surface area (Å²) in [6.45, 7) is 1.51. The molecule has 3 rings (SSSR count). The molecular formula is C19H25N7O2. The summed E-state index contributed by atoms with van der Waals surface area (Å²) >= 11 is 0. The van der Waals surface area contributed by atoms with Gasteiger partial charge in [-0.15, -0.1) is 5.10 Å². The van der Waals surface area contributed by atoms with Crippen LogP contribution >= 0.6 is 0 Å². The molecule has 0 fully saturated rings. The van der Waals surface area contributed by atoms with E-state index in [2.05, 4.69) is 15.3 Å². The van der Waals surface area contributed by atoms with Crippen LogP contribution in [0, 0.1) is 10.8 Å². The molecule has 0 saturated heterocycles. The zero-order valence-electron chi connectivity index (χ0n) is 16.1. The fraction of sp³-hybridized carbons (Fsp3) is 0.368. The number of rotatable bonds is 8. The van der Waals surface area contributed by atoms with Crippen molar-refractivity contribution < 1.29 is 9.84 Å². The molecule has 28 heavy (non-hydrogen) atoms.